The highest BCUT2D eigenvalue weighted by molar-refractivity contribution is 5.55. The van der Waals surface area contributed by atoms with Crippen LogP contribution in [0, 0.1) is 15.5 Å². The van der Waals surface area contributed by atoms with Gasteiger partial charge in [-0.25, -0.2) is 0 Å². The third kappa shape index (κ3) is 2.85. The van der Waals surface area contributed by atoms with E-state index >= 15 is 0 Å². The molecule has 1 aromatic rings. The Morgan fingerprint density at radius 3 is 2.74 bits per heavy atom. The number of nitrogens with zero attached hydrogens (tertiary/aromatic N) is 1. The molecule has 2 rings (SSSR count). The Labute approximate surface area is 111 Å². The minimum Gasteiger partial charge on any atom is -0.396 e. The molecule has 0 spiro atoms. The van der Waals surface area contributed by atoms with E-state index in [1.807, 2.05) is 13.0 Å². The Morgan fingerprint density at radius 1 is 1.53 bits per heavy atom. The topological polar surface area (TPSA) is 84.6 Å². The van der Waals surface area contributed by atoms with Crippen molar-refractivity contribution in [3.8, 4) is 0 Å². The summed E-state index contributed by atoms with van der Waals surface area (Å²) >= 11 is 0. The number of aryl methyl sites for hydroxylation is 1. The monoisotopic (exact) mass is 266 g/mol. The molecule has 104 valence electrons. The van der Waals surface area contributed by atoms with Crippen molar-refractivity contribution in [2.45, 2.75) is 13.3 Å². The summed E-state index contributed by atoms with van der Waals surface area (Å²) in [5, 5.41) is 23.4. The van der Waals surface area contributed by atoms with Crippen molar-refractivity contribution in [2.75, 3.05) is 31.7 Å². The first-order valence-corrected chi connectivity index (χ1v) is 6.30. The van der Waals surface area contributed by atoms with Gasteiger partial charge in [0.25, 0.3) is 5.69 Å². The van der Waals surface area contributed by atoms with Gasteiger partial charge in [-0.3, -0.25) is 10.1 Å². The maximum atomic E-state index is 11.0. The number of anilines is 1. The molecular formula is C13H18N2O4. The zero-order valence-corrected chi connectivity index (χ0v) is 10.9. The van der Waals surface area contributed by atoms with Crippen LogP contribution in [-0.2, 0) is 11.2 Å². The Bertz CT molecular complexity index is 466. The van der Waals surface area contributed by atoms with Crippen molar-refractivity contribution in [3.05, 3.63) is 33.9 Å². The van der Waals surface area contributed by atoms with E-state index in [-0.39, 0.29) is 22.6 Å². The lowest BCUT2D eigenvalue weighted by Gasteiger charge is -2.40. The summed E-state index contributed by atoms with van der Waals surface area (Å²) in [5.74, 6) is 0. The Kier molecular flexibility index (Phi) is 4.01. The minimum atomic E-state index is -0.363. The molecule has 6 heteroatoms. The van der Waals surface area contributed by atoms with Gasteiger partial charge in [-0.1, -0.05) is 13.0 Å². The maximum absolute atomic E-state index is 11.0. The van der Waals surface area contributed by atoms with Gasteiger partial charge in [-0.2, -0.15) is 0 Å². The van der Waals surface area contributed by atoms with Gasteiger partial charge in [0.1, 0.15) is 0 Å². The molecule has 0 amide bonds. The second kappa shape index (κ2) is 5.54. The van der Waals surface area contributed by atoms with Gasteiger partial charge in [0.15, 0.2) is 0 Å². The van der Waals surface area contributed by atoms with Crippen molar-refractivity contribution in [2.24, 2.45) is 5.41 Å². The number of rotatable bonds is 6. The first kappa shape index (κ1) is 13.8. The molecule has 0 radical (unpaired) electrons. The lowest BCUT2D eigenvalue weighted by molar-refractivity contribution is -0.385. The smallest absolute Gasteiger partial charge is 0.274 e. The first-order chi connectivity index (χ1) is 9.10. The van der Waals surface area contributed by atoms with Gasteiger partial charge < -0.3 is 15.2 Å². The van der Waals surface area contributed by atoms with E-state index in [0.29, 0.717) is 31.9 Å². The number of nitro groups is 1. The van der Waals surface area contributed by atoms with Crippen molar-refractivity contribution < 1.29 is 14.8 Å². The van der Waals surface area contributed by atoms with Crippen LogP contribution in [-0.4, -0.2) is 36.4 Å². The number of hydrogen-bond donors (Lipinski definition) is 2. The van der Waals surface area contributed by atoms with Crippen LogP contribution in [0.25, 0.3) is 0 Å². The highest BCUT2D eigenvalue weighted by atomic mass is 16.6. The molecule has 19 heavy (non-hydrogen) atoms. The van der Waals surface area contributed by atoms with Gasteiger partial charge in [0.05, 0.1) is 30.2 Å². The van der Waals surface area contributed by atoms with Gasteiger partial charge in [-0.15, -0.1) is 0 Å². The summed E-state index contributed by atoms with van der Waals surface area (Å²) in [7, 11) is 0. The van der Waals surface area contributed by atoms with Gasteiger partial charge in [0, 0.05) is 23.9 Å². The molecule has 1 aliphatic heterocycles. The highest BCUT2D eigenvalue weighted by Crippen LogP contribution is 2.29. The normalized spacial score (nSPS) is 16.7. The van der Waals surface area contributed by atoms with Crippen molar-refractivity contribution in [1.29, 1.82) is 0 Å². The average Bonchev–Trinajstić information content (AvgIpc) is 2.37. The van der Waals surface area contributed by atoms with Crippen LogP contribution in [0.15, 0.2) is 18.2 Å². The fourth-order valence-electron chi connectivity index (χ4n) is 2.07. The van der Waals surface area contributed by atoms with Gasteiger partial charge in [-0.05, 0) is 12.5 Å². The Hall–Kier alpha value is -1.66. The van der Waals surface area contributed by atoms with E-state index in [2.05, 4.69) is 5.32 Å². The highest BCUT2D eigenvalue weighted by Gasteiger charge is 2.37. The molecular weight excluding hydrogens is 248 g/mol. The van der Waals surface area contributed by atoms with E-state index in [1.54, 1.807) is 12.1 Å². The minimum absolute atomic E-state index is 0.0507. The standard InChI is InChI=1S/C13H18N2O4/c1-2-10-3-4-11(5-12(10)15(17)18)14-6-13(7-16)8-19-9-13/h3-5,14,16H,2,6-9H2,1H3. The average molecular weight is 266 g/mol. The lowest BCUT2D eigenvalue weighted by atomic mass is 9.87. The number of nitro benzene ring substituents is 1. The number of ether oxygens (including phenoxy) is 1. The molecule has 1 saturated heterocycles. The number of hydrogen-bond acceptors (Lipinski definition) is 5. The molecule has 1 aliphatic rings. The van der Waals surface area contributed by atoms with E-state index in [1.165, 1.54) is 0 Å². The molecule has 0 aromatic heterocycles. The maximum Gasteiger partial charge on any atom is 0.274 e. The summed E-state index contributed by atoms with van der Waals surface area (Å²) in [4.78, 5) is 10.6. The summed E-state index contributed by atoms with van der Waals surface area (Å²) in [6.07, 6.45) is 0.630. The molecule has 0 unspecified atom stereocenters. The van der Waals surface area contributed by atoms with Crippen LogP contribution in [0.5, 0.6) is 0 Å². The van der Waals surface area contributed by atoms with Crippen LogP contribution < -0.4 is 5.32 Å². The molecule has 1 fully saturated rings. The van der Waals surface area contributed by atoms with E-state index in [4.69, 9.17) is 4.74 Å². The second-order valence-corrected chi connectivity index (χ2v) is 4.96. The third-order valence-electron chi connectivity index (χ3n) is 3.48. The Balaban J connectivity index is 2.08. The SMILES string of the molecule is CCc1ccc(NCC2(CO)COC2)cc1[N+](=O)[O-]. The number of aliphatic hydroxyl groups excluding tert-OH is 1. The fourth-order valence-corrected chi connectivity index (χ4v) is 2.07. The number of benzene rings is 1. The molecule has 0 aliphatic carbocycles. The molecule has 0 bridgehead atoms. The largest absolute Gasteiger partial charge is 0.396 e. The van der Waals surface area contributed by atoms with Crippen LogP contribution in [0.2, 0.25) is 0 Å². The van der Waals surface area contributed by atoms with Crippen molar-refractivity contribution in [3.63, 3.8) is 0 Å². The van der Waals surface area contributed by atoms with Crippen LogP contribution >= 0.6 is 0 Å². The Morgan fingerprint density at radius 2 is 2.26 bits per heavy atom. The van der Waals surface area contributed by atoms with Crippen LogP contribution in [0.1, 0.15) is 12.5 Å². The molecule has 1 aromatic carbocycles. The van der Waals surface area contributed by atoms with E-state index in [9.17, 15) is 15.2 Å². The predicted octanol–water partition coefficient (Wildman–Crippen LogP) is 1.58. The fraction of sp³-hybridized carbons (Fsp3) is 0.538. The van der Waals surface area contributed by atoms with Crippen molar-refractivity contribution in [1.82, 2.24) is 0 Å². The number of nitrogens with one attached hydrogen (secondary N) is 1. The molecule has 0 saturated carbocycles. The quantitative estimate of drug-likeness (QED) is 0.603. The predicted molar refractivity (Wildman–Crippen MR) is 71.3 cm³/mol. The van der Waals surface area contributed by atoms with Crippen LogP contribution in [0.4, 0.5) is 11.4 Å². The summed E-state index contributed by atoms with van der Waals surface area (Å²) in [5.41, 5.74) is 1.30. The van der Waals surface area contributed by atoms with Gasteiger partial charge >= 0.3 is 0 Å². The summed E-state index contributed by atoms with van der Waals surface area (Å²) in [6.45, 7) is 3.53. The van der Waals surface area contributed by atoms with E-state index < -0.39 is 0 Å². The van der Waals surface area contributed by atoms with E-state index in [0.717, 1.165) is 5.56 Å². The third-order valence-corrected chi connectivity index (χ3v) is 3.48. The summed E-state index contributed by atoms with van der Waals surface area (Å²) < 4.78 is 5.11. The molecule has 1 heterocycles. The molecule has 2 N–H and O–H groups in total. The zero-order chi connectivity index (χ0) is 13.9. The summed E-state index contributed by atoms with van der Waals surface area (Å²) in [6, 6.07) is 5.14. The molecule has 0 atom stereocenters. The molecule has 6 nitrogen and oxygen atoms in total. The lowest BCUT2D eigenvalue weighted by Crippen LogP contribution is -2.50. The second-order valence-electron chi connectivity index (χ2n) is 4.96. The first-order valence-electron chi connectivity index (χ1n) is 6.30. The van der Waals surface area contributed by atoms with Crippen molar-refractivity contribution >= 4 is 11.4 Å². The van der Waals surface area contributed by atoms with Gasteiger partial charge in [0.2, 0.25) is 0 Å². The number of aliphatic hydroxyl groups is 1. The zero-order valence-electron chi connectivity index (χ0n) is 10.9. The van der Waals surface area contributed by atoms with Crippen LogP contribution in [0.3, 0.4) is 0 Å².